The lowest BCUT2D eigenvalue weighted by Crippen LogP contribution is -2.51. The number of carbonyl (C=O) groups is 2. The van der Waals surface area contributed by atoms with Gasteiger partial charge in [0.15, 0.2) is 0 Å². The summed E-state index contributed by atoms with van der Waals surface area (Å²) in [4.78, 5) is 27.7. The van der Waals surface area contributed by atoms with E-state index in [4.69, 9.17) is 0 Å². The summed E-state index contributed by atoms with van der Waals surface area (Å²) in [5.41, 5.74) is 0.00969. The number of carbonyl (C=O) groups excluding carboxylic acids is 2. The van der Waals surface area contributed by atoms with Crippen LogP contribution in [0.25, 0.3) is 0 Å². The molecule has 1 fully saturated rings. The lowest BCUT2D eigenvalue weighted by molar-refractivity contribution is -0.123. The summed E-state index contributed by atoms with van der Waals surface area (Å²) < 4.78 is 26.5. The first-order valence-corrected chi connectivity index (χ1v) is 8.16. The summed E-state index contributed by atoms with van der Waals surface area (Å²) >= 11 is 0. The van der Waals surface area contributed by atoms with Gasteiger partial charge in [-0.1, -0.05) is 6.92 Å². The molecule has 0 saturated carbocycles. The molecule has 1 N–H and O–H groups in total. The van der Waals surface area contributed by atoms with Crippen molar-refractivity contribution >= 4 is 11.8 Å². The zero-order valence-electron chi connectivity index (χ0n) is 14.0. The van der Waals surface area contributed by atoms with Gasteiger partial charge in [-0.25, -0.2) is 8.78 Å². The van der Waals surface area contributed by atoms with Crippen LogP contribution in [-0.4, -0.2) is 60.4 Å². The zero-order chi connectivity index (χ0) is 17.7. The van der Waals surface area contributed by atoms with Crippen LogP contribution in [0, 0.1) is 11.6 Å². The van der Waals surface area contributed by atoms with E-state index in [9.17, 15) is 18.4 Å². The highest BCUT2D eigenvalue weighted by atomic mass is 19.1. The quantitative estimate of drug-likeness (QED) is 0.887. The molecular weight excluding hydrogens is 316 g/mol. The summed E-state index contributed by atoms with van der Waals surface area (Å²) in [6.07, 6.45) is 0.873. The number of nitrogens with one attached hydrogen (secondary N) is 1. The Hall–Kier alpha value is -2.02. The summed E-state index contributed by atoms with van der Waals surface area (Å²) in [6, 6.07) is 2.96. The molecule has 2 amide bonds. The van der Waals surface area contributed by atoms with Crippen LogP contribution in [0.1, 0.15) is 30.6 Å². The molecular formula is C17H23F2N3O2. The van der Waals surface area contributed by atoms with Crippen LogP contribution in [0.2, 0.25) is 0 Å². The lowest BCUT2D eigenvalue weighted by atomic mass is 10.1. The van der Waals surface area contributed by atoms with Crippen molar-refractivity contribution in [2.45, 2.75) is 26.3 Å². The van der Waals surface area contributed by atoms with Crippen molar-refractivity contribution in [3.8, 4) is 0 Å². The maximum atomic E-state index is 13.2. The smallest absolute Gasteiger partial charge is 0.254 e. The Kier molecular flexibility index (Phi) is 6.25. The monoisotopic (exact) mass is 339 g/mol. The van der Waals surface area contributed by atoms with E-state index >= 15 is 0 Å². The minimum absolute atomic E-state index is 0.00969. The first kappa shape index (κ1) is 18.3. The van der Waals surface area contributed by atoms with Gasteiger partial charge < -0.3 is 10.2 Å². The van der Waals surface area contributed by atoms with Gasteiger partial charge in [-0.2, -0.15) is 0 Å². The van der Waals surface area contributed by atoms with Crippen LogP contribution in [0.5, 0.6) is 0 Å². The first-order valence-electron chi connectivity index (χ1n) is 8.16. The van der Waals surface area contributed by atoms with Crippen LogP contribution in [0.3, 0.4) is 0 Å². The maximum absolute atomic E-state index is 13.2. The third kappa shape index (κ3) is 4.99. The maximum Gasteiger partial charge on any atom is 0.254 e. The van der Waals surface area contributed by atoms with Crippen LogP contribution < -0.4 is 5.32 Å². The van der Waals surface area contributed by atoms with Crippen molar-refractivity contribution in [2.24, 2.45) is 0 Å². The largest absolute Gasteiger partial charge is 0.353 e. The number of nitrogens with zero attached hydrogens (tertiary/aromatic N) is 2. The lowest BCUT2D eigenvalue weighted by Gasteiger charge is -2.34. The van der Waals surface area contributed by atoms with Gasteiger partial charge in [0.05, 0.1) is 6.54 Å². The van der Waals surface area contributed by atoms with E-state index in [-0.39, 0.29) is 17.5 Å². The third-order valence-corrected chi connectivity index (χ3v) is 4.16. The highest BCUT2D eigenvalue weighted by Gasteiger charge is 2.24. The van der Waals surface area contributed by atoms with E-state index in [1.807, 2.05) is 18.7 Å². The number of amides is 2. The van der Waals surface area contributed by atoms with Crippen molar-refractivity contribution < 1.29 is 18.4 Å². The zero-order valence-corrected chi connectivity index (χ0v) is 14.0. The Morgan fingerprint density at radius 2 is 1.71 bits per heavy atom. The van der Waals surface area contributed by atoms with Crippen molar-refractivity contribution in [3.05, 3.63) is 35.4 Å². The van der Waals surface area contributed by atoms with Gasteiger partial charge in [0.1, 0.15) is 11.6 Å². The van der Waals surface area contributed by atoms with E-state index in [0.29, 0.717) is 32.7 Å². The summed E-state index contributed by atoms with van der Waals surface area (Å²) in [6.45, 7) is 6.20. The molecule has 1 heterocycles. The molecule has 1 unspecified atom stereocenters. The molecule has 1 aromatic rings. The molecule has 0 spiro atoms. The molecule has 1 aromatic carbocycles. The fraction of sp³-hybridized carbons (Fsp3) is 0.529. The van der Waals surface area contributed by atoms with E-state index < -0.39 is 17.5 Å². The van der Waals surface area contributed by atoms with Gasteiger partial charge in [-0.15, -0.1) is 0 Å². The molecule has 1 aliphatic heterocycles. The Morgan fingerprint density at radius 3 is 2.25 bits per heavy atom. The minimum Gasteiger partial charge on any atom is -0.353 e. The Bertz CT molecular complexity index is 581. The van der Waals surface area contributed by atoms with Gasteiger partial charge in [0.25, 0.3) is 5.91 Å². The molecule has 5 nitrogen and oxygen atoms in total. The van der Waals surface area contributed by atoms with Gasteiger partial charge in [-0.05, 0) is 25.5 Å². The van der Waals surface area contributed by atoms with Gasteiger partial charge in [-0.3, -0.25) is 14.5 Å². The number of hydrogen-bond acceptors (Lipinski definition) is 3. The van der Waals surface area contributed by atoms with Crippen molar-refractivity contribution in [1.29, 1.82) is 0 Å². The van der Waals surface area contributed by atoms with Gasteiger partial charge in [0, 0.05) is 43.9 Å². The molecule has 132 valence electrons. The Labute approximate surface area is 140 Å². The second-order valence-corrected chi connectivity index (χ2v) is 6.10. The second-order valence-electron chi connectivity index (χ2n) is 6.10. The predicted octanol–water partition coefficient (Wildman–Crippen LogP) is 1.64. The SMILES string of the molecule is CCC(C)NC(=O)CN1CCN(C(=O)c2cc(F)cc(F)c2)CC1. The van der Waals surface area contributed by atoms with Crippen LogP contribution >= 0.6 is 0 Å². The van der Waals surface area contributed by atoms with Gasteiger partial charge in [0.2, 0.25) is 5.91 Å². The number of hydrogen-bond donors (Lipinski definition) is 1. The Balaban J connectivity index is 1.86. The minimum atomic E-state index is -0.765. The van der Waals surface area contributed by atoms with Gasteiger partial charge >= 0.3 is 0 Å². The van der Waals surface area contributed by atoms with Crippen LogP contribution in [0.4, 0.5) is 8.78 Å². The standard InChI is InChI=1S/C17H23F2N3O2/c1-3-12(2)20-16(23)11-21-4-6-22(7-5-21)17(24)13-8-14(18)10-15(19)9-13/h8-10,12H,3-7,11H2,1-2H3,(H,20,23). The van der Waals surface area contributed by atoms with Crippen molar-refractivity contribution in [2.75, 3.05) is 32.7 Å². The summed E-state index contributed by atoms with van der Waals surface area (Å²) in [5.74, 6) is -1.95. The fourth-order valence-electron chi connectivity index (χ4n) is 2.59. The third-order valence-electron chi connectivity index (χ3n) is 4.16. The first-order chi connectivity index (χ1) is 11.4. The van der Waals surface area contributed by atoms with E-state index in [2.05, 4.69) is 5.32 Å². The molecule has 7 heteroatoms. The number of benzene rings is 1. The molecule has 0 aromatic heterocycles. The summed E-state index contributed by atoms with van der Waals surface area (Å²) in [5, 5.41) is 2.90. The molecule has 2 rings (SSSR count). The molecule has 0 bridgehead atoms. The number of piperazine rings is 1. The Morgan fingerprint density at radius 1 is 1.12 bits per heavy atom. The summed E-state index contributed by atoms with van der Waals surface area (Å²) in [7, 11) is 0. The molecule has 1 aliphatic rings. The average molecular weight is 339 g/mol. The normalized spacial score (nSPS) is 16.8. The highest BCUT2D eigenvalue weighted by Crippen LogP contribution is 2.12. The van der Waals surface area contributed by atoms with E-state index in [1.54, 1.807) is 4.90 Å². The molecule has 24 heavy (non-hydrogen) atoms. The van der Waals surface area contributed by atoms with Crippen LogP contribution in [-0.2, 0) is 4.79 Å². The molecule has 0 aliphatic carbocycles. The fourth-order valence-corrected chi connectivity index (χ4v) is 2.59. The molecule has 1 atom stereocenters. The average Bonchev–Trinajstić information content (AvgIpc) is 2.53. The van der Waals surface area contributed by atoms with E-state index in [1.165, 1.54) is 0 Å². The van der Waals surface area contributed by atoms with E-state index in [0.717, 1.165) is 24.6 Å². The topological polar surface area (TPSA) is 52.7 Å². The predicted molar refractivity (Wildman–Crippen MR) is 86.6 cm³/mol. The molecule has 1 saturated heterocycles. The van der Waals surface area contributed by atoms with Crippen molar-refractivity contribution in [3.63, 3.8) is 0 Å². The molecule has 0 radical (unpaired) electrons. The van der Waals surface area contributed by atoms with Crippen LogP contribution in [0.15, 0.2) is 18.2 Å². The van der Waals surface area contributed by atoms with Crippen molar-refractivity contribution in [1.82, 2.24) is 15.1 Å². The number of rotatable bonds is 5. The highest BCUT2D eigenvalue weighted by molar-refractivity contribution is 5.94. The number of halogens is 2. The second kappa shape index (κ2) is 8.19.